The molecule has 0 aliphatic rings. The maximum Gasteiger partial charge on any atom is 0.0850 e. The molecule has 0 spiro atoms. The van der Waals surface area contributed by atoms with Crippen LogP contribution in [0.2, 0.25) is 10.0 Å². The zero-order valence-corrected chi connectivity index (χ0v) is 10.3. The maximum absolute atomic E-state index is 6.13. The van der Waals surface area contributed by atoms with Crippen molar-refractivity contribution in [2.24, 2.45) is 5.73 Å². The van der Waals surface area contributed by atoms with Crippen molar-refractivity contribution < 1.29 is 0 Å². The number of halogens is 2. The minimum absolute atomic E-state index is 0.462. The Labute approximate surface area is 104 Å². The molecule has 2 rings (SSSR count). The van der Waals surface area contributed by atoms with E-state index < -0.39 is 0 Å². The SMILES string of the molecule is Cc1c(CN)cnn1-c1cccc(Cl)c1Cl. The highest BCUT2D eigenvalue weighted by Crippen LogP contribution is 2.29. The van der Waals surface area contributed by atoms with E-state index in [1.807, 2.05) is 19.1 Å². The molecule has 0 fully saturated rings. The Hall–Kier alpha value is -1.03. The van der Waals surface area contributed by atoms with E-state index in [0.717, 1.165) is 16.9 Å². The summed E-state index contributed by atoms with van der Waals surface area (Å²) in [5.74, 6) is 0. The van der Waals surface area contributed by atoms with Crippen LogP contribution in [0.1, 0.15) is 11.3 Å². The van der Waals surface area contributed by atoms with Crippen LogP contribution in [-0.4, -0.2) is 9.78 Å². The van der Waals surface area contributed by atoms with Crippen LogP contribution in [0, 0.1) is 6.92 Å². The Bertz CT molecular complexity index is 520. The highest BCUT2D eigenvalue weighted by atomic mass is 35.5. The fourth-order valence-electron chi connectivity index (χ4n) is 1.54. The molecule has 0 saturated heterocycles. The Balaban J connectivity index is 2.59. The number of hydrogen-bond acceptors (Lipinski definition) is 2. The molecule has 0 radical (unpaired) electrons. The topological polar surface area (TPSA) is 43.8 Å². The zero-order valence-electron chi connectivity index (χ0n) is 8.74. The quantitative estimate of drug-likeness (QED) is 0.897. The Morgan fingerprint density at radius 2 is 2.12 bits per heavy atom. The normalized spacial score (nSPS) is 10.8. The second-order valence-corrected chi connectivity index (χ2v) is 4.23. The van der Waals surface area contributed by atoms with Crippen molar-refractivity contribution in [3.8, 4) is 5.69 Å². The first-order valence-corrected chi connectivity index (χ1v) is 5.58. The summed E-state index contributed by atoms with van der Waals surface area (Å²) in [6.45, 7) is 2.41. The van der Waals surface area contributed by atoms with E-state index >= 15 is 0 Å². The molecule has 5 heteroatoms. The van der Waals surface area contributed by atoms with Crippen LogP contribution in [0.15, 0.2) is 24.4 Å². The van der Waals surface area contributed by atoms with Gasteiger partial charge in [0.15, 0.2) is 0 Å². The molecule has 1 heterocycles. The Morgan fingerprint density at radius 1 is 1.38 bits per heavy atom. The van der Waals surface area contributed by atoms with Gasteiger partial charge in [0.25, 0.3) is 0 Å². The van der Waals surface area contributed by atoms with E-state index in [2.05, 4.69) is 5.10 Å². The Kier molecular flexibility index (Phi) is 3.19. The lowest BCUT2D eigenvalue weighted by atomic mass is 10.2. The lowest BCUT2D eigenvalue weighted by molar-refractivity contribution is 0.843. The van der Waals surface area contributed by atoms with Crippen LogP contribution in [0.25, 0.3) is 5.69 Å². The molecule has 0 amide bonds. The fourth-order valence-corrected chi connectivity index (χ4v) is 1.92. The van der Waals surface area contributed by atoms with Gasteiger partial charge in [0, 0.05) is 17.8 Å². The van der Waals surface area contributed by atoms with Gasteiger partial charge in [-0.25, -0.2) is 4.68 Å². The van der Waals surface area contributed by atoms with Gasteiger partial charge >= 0.3 is 0 Å². The molecule has 2 N–H and O–H groups in total. The second kappa shape index (κ2) is 4.45. The van der Waals surface area contributed by atoms with Gasteiger partial charge in [0.05, 0.1) is 21.9 Å². The molecule has 3 nitrogen and oxygen atoms in total. The van der Waals surface area contributed by atoms with Gasteiger partial charge in [-0.2, -0.15) is 5.10 Å². The highest BCUT2D eigenvalue weighted by Gasteiger charge is 2.11. The predicted octanol–water partition coefficient (Wildman–Crippen LogP) is 2.95. The first-order chi connectivity index (χ1) is 7.65. The standard InChI is InChI=1S/C11H11Cl2N3/c1-7-8(5-14)6-15-16(7)10-4-2-3-9(12)11(10)13/h2-4,6H,5,14H2,1H3. The summed E-state index contributed by atoms with van der Waals surface area (Å²) in [6, 6.07) is 5.46. The van der Waals surface area contributed by atoms with E-state index in [1.54, 1.807) is 16.9 Å². The molecule has 0 aliphatic heterocycles. The molecule has 1 aromatic carbocycles. The smallest absolute Gasteiger partial charge is 0.0850 e. The van der Waals surface area contributed by atoms with Crippen molar-refractivity contribution in [2.75, 3.05) is 0 Å². The summed E-state index contributed by atoms with van der Waals surface area (Å²) in [6.07, 6.45) is 1.74. The van der Waals surface area contributed by atoms with Gasteiger partial charge in [-0.15, -0.1) is 0 Å². The van der Waals surface area contributed by atoms with Crippen LogP contribution < -0.4 is 5.73 Å². The van der Waals surface area contributed by atoms with Crippen molar-refractivity contribution in [1.82, 2.24) is 9.78 Å². The molecule has 0 bridgehead atoms. The summed E-state index contributed by atoms with van der Waals surface area (Å²) in [5, 5.41) is 5.27. The van der Waals surface area contributed by atoms with Crippen molar-refractivity contribution in [3.63, 3.8) is 0 Å². The molecule has 0 saturated carbocycles. The summed E-state index contributed by atoms with van der Waals surface area (Å²) in [7, 11) is 0. The summed E-state index contributed by atoms with van der Waals surface area (Å²) in [4.78, 5) is 0. The van der Waals surface area contributed by atoms with Crippen LogP contribution in [0.4, 0.5) is 0 Å². The lowest BCUT2D eigenvalue weighted by Gasteiger charge is -2.08. The molecule has 2 aromatic rings. The number of nitrogens with two attached hydrogens (primary N) is 1. The minimum Gasteiger partial charge on any atom is -0.326 e. The van der Waals surface area contributed by atoms with Crippen molar-refractivity contribution in [1.29, 1.82) is 0 Å². The molecule has 1 aromatic heterocycles. The second-order valence-electron chi connectivity index (χ2n) is 3.44. The third kappa shape index (κ3) is 1.82. The average molecular weight is 256 g/mol. The van der Waals surface area contributed by atoms with Gasteiger partial charge in [-0.1, -0.05) is 29.3 Å². The lowest BCUT2D eigenvalue weighted by Crippen LogP contribution is -2.02. The molecular formula is C11H11Cl2N3. The molecule has 0 aliphatic carbocycles. The van der Waals surface area contributed by atoms with Crippen molar-refractivity contribution in [2.45, 2.75) is 13.5 Å². The summed E-state index contributed by atoms with van der Waals surface area (Å²) >= 11 is 12.1. The van der Waals surface area contributed by atoms with Crippen molar-refractivity contribution in [3.05, 3.63) is 45.7 Å². The molecule has 0 atom stereocenters. The van der Waals surface area contributed by atoms with Crippen LogP contribution in [0.3, 0.4) is 0 Å². The Morgan fingerprint density at radius 3 is 2.75 bits per heavy atom. The summed E-state index contributed by atoms with van der Waals surface area (Å²) < 4.78 is 1.75. The van der Waals surface area contributed by atoms with E-state index in [9.17, 15) is 0 Å². The van der Waals surface area contributed by atoms with Crippen LogP contribution in [0.5, 0.6) is 0 Å². The summed E-state index contributed by atoms with van der Waals surface area (Å²) in [5.41, 5.74) is 8.34. The monoisotopic (exact) mass is 255 g/mol. The van der Waals surface area contributed by atoms with Gasteiger partial charge in [0.2, 0.25) is 0 Å². The fraction of sp³-hybridized carbons (Fsp3) is 0.182. The molecule has 84 valence electrons. The van der Waals surface area contributed by atoms with E-state index in [1.165, 1.54) is 0 Å². The van der Waals surface area contributed by atoms with Gasteiger partial charge in [-0.3, -0.25) is 0 Å². The first kappa shape index (κ1) is 11.5. The third-order valence-corrected chi connectivity index (χ3v) is 3.30. The van der Waals surface area contributed by atoms with E-state index in [4.69, 9.17) is 28.9 Å². The highest BCUT2D eigenvalue weighted by molar-refractivity contribution is 6.43. The third-order valence-electron chi connectivity index (χ3n) is 2.49. The van der Waals surface area contributed by atoms with Gasteiger partial charge < -0.3 is 5.73 Å². The number of aromatic nitrogens is 2. The number of hydrogen-bond donors (Lipinski definition) is 1. The first-order valence-electron chi connectivity index (χ1n) is 4.83. The predicted molar refractivity (Wildman–Crippen MR) is 66.2 cm³/mol. The number of rotatable bonds is 2. The molecular weight excluding hydrogens is 245 g/mol. The zero-order chi connectivity index (χ0) is 11.7. The minimum atomic E-state index is 0.462. The number of benzene rings is 1. The molecule has 0 unspecified atom stereocenters. The van der Waals surface area contributed by atoms with Gasteiger partial charge in [0.1, 0.15) is 0 Å². The van der Waals surface area contributed by atoms with E-state index in [-0.39, 0.29) is 0 Å². The maximum atomic E-state index is 6.13. The van der Waals surface area contributed by atoms with Crippen molar-refractivity contribution >= 4 is 23.2 Å². The van der Waals surface area contributed by atoms with Crippen LogP contribution in [-0.2, 0) is 6.54 Å². The number of nitrogens with zero attached hydrogens (tertiary/aromatic N) is 2. The largest absolute Gasteiger partial charge is 0.326 e. The average Bonchev–Trinajstić information content (AvgIpc) is 2.64. The molecule has 16 heavy (non-hydrogen) atoms. The van der Waals surface area contributed by atoms with E-state index in [0.29, 0.717) is 16.6 Å². The van der Waals surface area contributed by atoms with Crippen LogP contribution >= 0.6 is 23.2 Å². The van der Waals surface area contributed by atoms with Gasteiger partial charge in [-0.05, 0) is 19.1 Å².